The Morgan fingerprint density at radius 2 is 1.70 bits per heavy atom. The van der Waals surface area contributed by atoms with Gasteiger partial charge in [-0.2, -0.15) is 0 Å². The zero-order valence-corrected chi connectivity index (χ0v) is 12.8. The Morgan fingerprint density at radius 1 is 0.957 bits per heavy atom. The van der Waals surface area contributed by atoms with Crippen molar-refractivity contribution in [2.45, 2.75) is 0 Å². The average molecular weight is 322 g/mol. The van der Waals surface area contributed by atoms with Gasteiger partial charge < -0.3 is 9.55 Å². The molecule has 0 unspecified atom stereocenters. The van der Waals surface area contributed by atoms with Crippen molar-refractivity contribution in [2.75, 3.05) is 0 Å². The second-order valence-corrected chi connectivity index (χ2v) is 5.56. The third-order valence-electron chi connectivity index (χ3n) is 3.78. The predicted molar refractivity (Wildman–Crippen MR) is 92.1 cm³/mol. The van der Waals surface area contributed by atoms with Crippen molar-refractivity contribution < 1.29 is 0 Å². The summed E-state index contributed by atoms with van der Waals surface area (Å²) in [5, 5.41) is 0.627. The van der Waals surface area contributed by atoms with Gasteiger partial charge in [-0.15, -0.1) is 0 Å². The molecule has 23 heavy (non-hydrogen) atoms. The summed E-state index contributed by atoms with van der Waals surface area (Å²) in [5.74, 6) is 0. The van der Waals surface area contributed by atoms with E-state index in [0.717, 1.165) is 16.8 Å². The van der Waals surface area contributed by atoms with E-state index in [1.165, 1.54) is 6.33 Å². The largest absolute Gasteiger partial charge is 0.311 e. The first-order valence-electron chi connectivity index (χ1n) is 7.15. The van der Waals surface area contributed by atoms with E-state index in [4.69, 9.17) is 11.6 Å². The van der Waals surface area contributed by atoms with E-state index in [2.05, 4.69) is 9.97 Å². The molecule has 0 aliphatic rings. The number of H-pyrrole nitrogens is 1. The Morgan fingerprint density at radius 3 is 2.48 bits per heavy atom. The first-order valence-corrected chi connectivity index (χ1v) is 7.52. The van der Waals surface area contributed by atoms with Gasteiger partial charge in [-0.1, -0.05) is 48.0 Å². The van der Waals surface area contributed by atoms with Gasteiger partial charge in [-0.3, -0.25) is 4.79 Å². The first kappa shape index (κ1) is 13.8. The molecule has 0 saturated carbocycles. The molecular formula is C18H12ClN3O. The van der Waals surface area contributed by atoms with Crippen LogP contribution in [0, 0.1) is 0 Å². The van der Waals surface area contributed by atoms with Crippen LogP contribution in [0.3, 0.4) is 0 Å². The second kappa shape index (κ2) is 5.41. The maximum absolute atomic E-state index is 12.4. The number of nitrogens with zero attached hydrogens (tertiary/aromatic N) is 2. The molecule has 0 radical (unpaired) electrons. The molecule has 0 bridgehead atoms. The summed E-state index contributed by atoms with van der Waals surface area (Å²) in [7, 11) is 0. The Kier molecular flexibility index (Phi) is 3.24. The van der Waals surface area contributed by atoms with E-state index >= 15 is 0 Å². The van der Waals surface area contributed by atoms with E-state index in [-0.39, 0.29) is 5.56 Å². The molecule has 0 atom stereocenters. The van der Waals surface area contributed by atoms with Gasteiger partial charge in [0.25, 0.3) is 5.56 Å². The van der Waals surface area contributed by atoms with Gasteiger partial charge in [0.1, 0.15) is 11.0 Å². The van der Waals surface area contributed by atoms with Gasteiger partial charge >= 0.3 is 0 Å². The molecule has 1 N–H and O–H groups in total. The summed E-state index contributed by atoms with van der Waals surface area (Å²) in [4.78, 5) is 19.4. The van der Waals surface area contributed by atoms with Crippen molar-refractivity contribution in [2.24, 2.45) is 0 Å². The minimum absolute atomic E-state index is 0.183. The van der Waals surface area contributed by atoms with Crippen molar-refractivity contribution in [1.29, 1.82) is 0 Å². The highest BCUT2D eigenvalue weighted by Crippen LogP contribution is 2.33. The summed E-state index contributed by atoms with van der Waals surface area (Å²) in [6.07, 6.45) is 3.32. The van der Waals surface area contributed by atoms with Crippen LogP contribution >= 0.6 is 11.6 Å². The van der Waals surface area contributed by atoms with Gasteiger partial charge in [-0.05, 0) is 18.2 Å². The van der Waals surface area contributed by atoms with E-state index in [1.54, 1.807) is 0 Å². The fraction of sp³-hybridized carbons (Fsp3) is 0. The van der Waals surface area contributed by atoms with E-state index in [0.29, 0.717) is 16.1 Å². The number of para-hydroxylation sites is 1. The molecule has 0 amide bonds. The fourth-order valence-electron chi connectivity index (χ4n) is 2.74. The number of halogens is 1. The highest BCUT2D eigenvalue weighted by molar-refractivity contribution is 6.33. The quantitative estimate of drug-likeness (QED) is 0.606. The minimum Gasteiger partial charge on any atom is -0.311 e. The second-order valence-electron chi connectivity index (χ2n) is 5.16. The molecule has 2 heterocycles. The van der Waals surface area contributed by atoms with Crippen LogP contribution in [0.2, 0.25) is 5.02 Å². The van der Waals surface area contributed by atoms with Crippen LogP contribution in [0.15, 0.2) is 71.9 Å². The van der Waals surface area contributed by atoms with E-state index < -0.39 is 0 Å². The molecule has 0 aliphatic heterocycles. The van der Waals surface area contributed by atoms with Crippen molar-refractivity contribution in [3.8, 4) is 16.8 Å². The zero-order valence-electron chi connectivity index (χ0n) is 12.0. The Labute approximate surface area is 137 Å². The van der Waals surface area contributed by atoms with Crippen LogP contribution in [0.1, 0.15) is 0 Å². The maximum Gasteiger partial charge on any atom is 0.275 e. The highest BCUT2D eigenvalue weighted by Gasteiger charge is 2.16. The molecule has 4 nitrogen and oxygen atoms in total. The van der Waals surface area contributed by atoms with Gasteiger partial charge in [0.05, 0.1) is 6.33 Å². The third-order valence-corrected chi connectivity index (χ3v) is 4.11. The summed E-state index contributed by atoms with van der Waals surface area (Å²) < 4.78 is 1.85. The first-order chi connectivity index (χ1) is 11.3. The normalized spacial score (nSPS) is 11.0. The molecule has 112 valence electrons. The maximum atomic E-state index is 12.4. The van der Waals surface area contributed by atoms with Crippen LogP contribution in [-0.4, -0.2) is 14.5 Å². The van der Waals surface area contributed by atoms with Crippen molar-refractivity contribution in [1.82, 2.24) is 14.5 Å². The number of nitrogens with one attached hydrogen (secondary N) is 1. The molecule has 0 fully saturated rings. The van der Waals surface area contributed by atoms with Crippen molar-refractivity contribution in [3.05, 3.63) is 82.5 Å². The molecule has 4 aromatic rings. The monoisotopic (exact) mass is 321 g/mol. The Hall–Kier alpha value is -2.85. The number of benzene rings is 2. The number of aromatic nitrogens is 3. The summed E-state index contributed by atoms with van der Waals surface area (Å²) >= 11 is 6.33. The van der Waals surface area contributed by atoms with Crippen LogP contribution in [0.5, 0.6) is 0 Å². The predicted octanol–water partition coefficient (Wildman–Crippen LogP) is 4.03. The Bertz CT molecular complexity index is 1050. The van der Waals surface area contributed by atoms with Crippen LogP contribution in [-0.2, 0) is 0 Å². The summed E-state index contributed by atoms with van der Waals surface area (Å²) in [6.45, 7) is 0. The lowest BCUT2D eigenvalue weighted by Crippen LogP contribution is -2.09. The van der Waals surface area contributed by atoms with Gasteiger partial charge in [-0.25, -0.2) is 4.98 Å². The standard InChI is InChI=1S/C18H12ClN3O/c19-15-9-5-4-8-13(15)14-10-22(12-6-2-1-3-7-12)17-16(14)20-11-21-18(17)23/h1-11H,(H,20,21,23). The number of hydrogen-bond donors (Lipinski definition) is 1. The van der Waals surface area contributed by atoms with E-state index in [1.807, 2.05) is 65.4 Å². The smallest absolute Gasteiger partial charge is 0.275 e. The van der Waals surface area contributed by atoms with Gasteiger partial charge in [0.2, 0.25) is 0 Å². The molecule has 0 spiro atoms. The number of rotatable bonds is 2. The molecular weight excluding hydrogens is 310 g/mol. The third kappa shape index (κ3) is 2.24. The molecule has 5 heteroatoms. The van der Waals surface area contributed by atoms with Crippen LogP contribution < -0.4 is 5.56 Å². The number of hydrogen-bond acceptors (Lipinski definition) is 2. The number of fused-ring (bicyclic) bond motifs is 1. The van der Waals surface area contributed by atoms with Gasteiger partial charge in [0, 0.05) is 28.0 Å². The summed E-state index contributed by atoms with van der Waals surface area (Å²) in [6, 6.07) is 17.2. The molecule has 4 rings (SSSR count). The van der Waals surface area contributed by atoms with Crippen LogP contribution in [0.25, 0.3) is 27.8 Å². The van der Waals surface area contributed by atoms with Crippen molar-refractivity contribution in [3.63, 3.8) is 0 Å². The van der Waals surface area contributed by atoms with Gasteiger partial charge in [0.15, 0.2) is 0 Å². The average Bonchev–Trinajstić information content (AvgIpc) is 2.97. The van der Waals surface area contributed by atoms with Crippen molar-refractivity contribution >= 4 is 22.6 Å². The Balaban J connectivity index is 2.11. The zero-order chi connectivity index (χ0) is 15.8. The molecule has 0 saturated heterocycles. The topological polar surface area (TPSA) is 50.7 Å². The summed E-state index contributed by atoms with van der Waals surface area (Å²) in [5.41, 5.74) is 3.54. The SMILES string of the molecule is O=c1[nH]cnc2c(-c3ccccc3Cl)cn(-c3ccccc3)c12. The number of aromatic amines is 1. The van der Waals surface area contributed by atoms with E-state index in [9.17, 15) is 4.79 Å². The van der Waals surface area contributed by atoms with Crippen LogP contribution in [0.4, 0.5) is 0 Å². The lowest BCUT2D eigenvalue weighted by molar-refractivity contribution is 1.08. The molecule has 2 aromatic heterocycles. The highest BCUT2D eigenvalue weighted by atomic mass is 35.5. The molecule has 0 aliphatic carbocycles. The lowest BCUT2D eigenvalue weighted by Gasteiger charge is -2.03. The molecule has 2 aromatic carbocycles. The lowest BCUT2D eigenvalue weighted by atomic mass is 10.1. The minimum atomic E-state index is -0.183. The fourth-order valence-corrected chi connectivity index (χ4v) is 2.97.